The van der Waals surface area contributed by atoms with Gasteiger partial charge in [-0.25, -0.2) is 4.98 Å². The van der Waals surface area contributed by atoms with Gasteiger partial charge in [-0.2, -0.15) is 0 Å². The predicted octanol–water partition coefficient (Wildman–Crippen LogP) is 4.50. The number of phenolic OH excluding ortho intramolecular Hbond substituents is 1. The van der Waals surface area contributed by atoms with E-state index in [0.29, 0.717) is 0 Å². The summed E-state index contributed by atoms with van der Waals surface area (Å²) in [5.74, 6) is 1.09. The van der Waals surface area contributed by atoms with Crippen LogP contribution in [0, 0.1) is 6.92 Å². The van der Waals surface area contributed by atoms with Crippen LogP contribution in [0.5, 0.6) is 11.5 Å². The van der Waals surface area contributed by atoms with E-state index in [1.807, 2.05) is 48.7 Å². The Morgan fingerprint density at radius 2 is 1.86 bits per heavy atom. The largest absolute Gasteiger partial charge is 0.507 e. The number of rotatable bonds is 3. The molecule has 0 bridgehead atoms. The molecule has 1 N–H and O–H groups in total. The number of aromatic hydroxyl groups is 1. The van der Waals surface area contributed by atoms with Gasteiger partial charge in [0.25, 0.3) is 0 Å². The van der Waals surface area contributed by atoms with Crippen molar-refractivity contribution in [2.45, 2.75) is 6.92 Å². The van der Waals surface area contributed by atoms with Gasteiger partial charge in [-0.1, -0.05) is 6.07 Å². The number of hydrogen-bond acceptors (Lipinski definition) is 4. The second-order valence-electron chi connectivity index (χ2n) is 4.79. The Morgan fingerprint density at radius 1 is 1.10 bits per heavy atom. The standard InChI is InChI=1S/C17H15NO2S/c1-11-3-8-14(16(19)9-11)15-10-21-17(18-15)12-4-6-13(20-2)7-5-12/h3-10,19H,1-2H3. The third-order valence-electron chi connectivity index (χ3n) is 3.27. The molecule has 0 aliphatic carbocycles. The fourth-order valence-corrected chi connectivity index (χ4v) is 2.95. The van der Waals surface area contributed by atoms with Crippen LogP contribution in [0.4, 0.5) is 0 Å². The van der Waals surface area contributed by atoms with Gasteiger partial charge in [-0.3, -0.25) is 0 Å². The summed E-state index contributed by atoms with van der Waals surface area (Å²) in [7, 11) is 1.65. The number of hydrogen-bond donors (Lipinski definition) is 1. The van der Waals surface area contributed by atoms with Gasteiger partial charge >= 0.3 is 0 Å². The highest BCUT2D eigenvalue weighted by Gasteiger charge is 2.10. The topological polar surface area (TPSA) is 42.4 Å². The first-order chi connectivity index (χ1) is 10.2. The van der Waals surface area contributed by atoms with Gasteiger partial charge in [0.15, 0.2) is 0 Å². The van der Waals surface area contributed by atoms with Gasteiger partial charge in [-0.15, -0.1) is 11.3 Å². The van der Waals surface area contributed by atoms with E-state index < -0.39 is 0 Å². The van der Waals surface area contributed by atoms with Crippen molar-refractivity contribution in [3.63, 3.8) is 0 Å². The minimum Gasteiger partial charge on any atom is -0.507 e. The van der Waals surface area contributed by atoms with Crippen LogP contribution in [-0.2, 0) is 0 Å². The van der Waals surface area contributed by atoms with Gasteiger partial charge in [-0.05, 0) is 48.9 Å². The van der Waals surface area contributed by atoms with Crippen molar-refractivity contribution in [1.29, 1.82) is 0 Å². The SMILES string of the molecule is COc1ccc(-c2nc(-c3ccc(C)cc3O)cs2)cc1. The van der Waals surface area contributed by atoms with Crippen LogP contribution in [0.2, 0.25) is 0 Å². The van der Waals surface area contributed by atoms with Crippen LogP contribution in [0.15, 0.2) is 47.8 Å². The van der Waals surface area contributed by atoms with Crippen molar-refractivity contribution in [1.82, 2.24) is 4.98 Å². The quantitative estimate of drug-likeness (QED) is 0.774. The first-order valence-corrected chi connectivity index (χ1v) is 7.45. The summed E-state index contributed by atoms with van der Waals surface area (Å²) in [5, 5.41) is 12.9. The summed E-state index contributed by atoms with van der Waals surface area (Å²) < 4.78 is 5.16. The molecule has 4 heteroatoms. The molecule has 0 atom stereocenters. The highest BCUT2D eigenvalue weighted by atomic mass is 32.1. The lowest BCUT2D eigenvalue weighted by atomic mass is 10.1. The van der Waals surface area contributed by atoms with Crippen LogP contribution in [0.25, 0.3) is 21.8 Å². The van der Waals surface area contributed by atoms with Crippen molar-refractivity contribution in [2.24, 2.45) is 0 Å². The van der Waals surface area contributed by atoms with E-state index in [2.05, 4.69) is 4.98 Å². The minimum absolute atomic E-state index is 0.265. The smallest absolute Gasteiger partial charge is 0.125 e. The Kier molecular flexibility index (Phi) is 3.62. The summed E-state index contributed by atoms with van der Waals surface area (Å²) in [5.41, 5.74) is 3.63. The summed E-state index contributed by atoms with van der Waals surface area (Å²) in [6.07, 6.45) is 0. The highest BCUT2D eigenvalue weighted by molar-refractivity contribution is 7.13. The zero-order valence-corrected chi connectivity index (χ0v) is 12.6. The number of aromatic nitrogens is 1. The third-order valence-corrected chi connectivity index (χ3v) is 4.16. The molecule has 0 spiro atoms. The van der Waals surface area contributed by atoms with E-state index in [9.17, 15) is 5.11 Å². The third kappa shape index (κ3) is 2.76. The molecule has 3 rings (SSSR count). The molecular formula is C17H15NO2S. The van der Waals surface area contributed by atoms with E-state index >= 15 is 0 Å². The second-order valence-corrected chi connectivity index (χ2v) is 5.65. The molecule has 0 radical (unpaired) electrons. The van der Waals surface area contributed by atoms with Gasteiger partial charge in [0.05, 0.1) is 12.8 Å². The second kappa shape index (κ2) is 5.58. The van der Waals surface area contributed by atoms with Crippen LogP contribution in [-0.4, -0.2) is 17.2 Å². The highest BCUT2D eigenvalue weighted by Crippen LogP contribution is 2.34. The lowest BCUT2D eigenvalue weighted by Crippen LogP contribution is -1.83. The molecule has 1 heterocycles. The zero-order valence-electron chi connectivity index (χ0n) is 11.8. The van der Waals surface area contributed by atoms with E-state index in [1.54, 1.807) is 24.5 Å². The van der Waals surface area contributed by atoms with Crippen molar-refractivity contribution in [2.75, 3.05) is 7.11 Å². The Hall–Kier alpha value is -2.33. The Balaban J connectivity index is 1.95. The fourth-order valence-electron chi connectivity index (χ4n) is 2.12. The number of ether oxygens (including phenoxy) is 1. The molecule has 21 heavy (non-hydrogen) atoms. The molecule has 1 aromatic heterocycles. The fraction of sp³-hybridized carbons (Fsp3) is 0.118. The van der Waals surface area contributed by atoms with Gasteiger partial charge < -0.3 is 9.84 Å². The molecule has 0 unspecified atom stereocenters. The number of methoxy groups -OCH3 is 1. The molecular weight excluding hydrogens is 282 g/mol. The molecule has 0 aliphatic heterocycles. The molecule has 0 aliphatic rings. The van der Waals surface area contributed by atoms with Gasteiger partial charge in [0.2, 0.25) is 0 Å². The maximum Gasteiger partial charge on any atom is 0.125 e. The number of thiazole rings is 1. The summed E-state index contributed by atoms with van der Waals surface area (Å²) in [6, 6.07) is 13.4. The number of benzene rings is 2. The van der Waals surface area contributed by atoms with Crippen molar-refractivity contribution < 1.29 is 9.84 Å². The van der Waals surface area contributed by atoms with Crippen molar-refractivity contribution in [3.8, 4) is 33.3 Å². The van der Waals surface area contributed by atoms with E-state index in [-0.39, 0.29) is 5.75 Å². The van der Waals surface area contributed by atoms with Gasteiger partial charge in [0, 0.05) is 16.5 Å². The first-order valence-electron chi connectivity index (χ1n) is 6.57. The van der Waals surface area contributed by atoms with Crippen LogP contribution >= 0.6 is 11.3 Å². The molecule has 0 fully saturated rings. The molecule has 106 valence electrons. The summed E-state index contributed by atoms with van der Waals surface area (Å²) in [6.45, 7) is 1.95. The lowest BCUT2D eigenvalue weighted by Gasteiger charge is -2.02. The first kappa shape index (κ1) is 13.6. The average molecular weight is 297 g/mol. The predicted molar refractivity (Wildman–Crippen MR) is 85.9 cm³/mol. The number of aryl methyl sites for hydroxylation is 1. The van der Waals surface area contributed by atoms with Crippen molar-refractivity contribution >= 4 is 11.3 Å². The summed E-state index contributed by atoms with van der Waals surface area (Å²) >= 11 is 1.56. The molecule has 3 nitrogen and oxygen atoms in total. The van der Waals surface area contributed by atoms with Crippen LogP contribution < -0.4 is 4.74 Å². The molecule has 0 amide bonds. The normalized spacial score (nSPS) is 10.6. The monoisotopic (exact) mass is 297 g/mol. The molecule has 0 saturated heterocycles. The maximum absolute atomic E-state index is 10.0. The van der Waals surface area contributed by atoms with Gasteiger partial charge in [0.1, 0.15) is 16.5 Å². The zero-order chi connectivity index (χ0) is 14.8. The van der Waals surface area contributed by atoms with Crippen molar-refractivity contribution in [3.05, 3.63) is 53.4 Å². The Morgan fingerprint density at radius 3 is 2.52 bits per heavy atom. The molecule has 2 aromatic carbocycles. The maximum atomic E-state index is 10.0. The molecule has 3 aromatic rings. The lowest BCUT2D eigenvalue weighted by molar-refractivity contribution is 0.415. The Labute approximate surface area is 127 Å². The van der Waals surface area contributed by atoms with E-state index in [4.69, 9.17) is 4.74 Å². The van der Waals surface area contributed by atoms with Crippen LogP contribution in [0.3, 0.4) is 0 Å². The Bertz CT molecular complexity index is 763. The molecule has 0 saturated carbocycles. The number of phenols is 1. The van der Waals surface area contributed by atoms with E-state index in [0.717, 1.165) is 33.1 Å². The minimum atomic E-state index is 0.265. The summed E-state index contributed by atoms with van der Waals surface area (Å²) in [4.78, 5) is 4.61. The number of nitrogens with zero attached hydrogens (tertiary/aromatic N) is 1. The average Bonchev–Trinajstić information content (AvgIpc) is 2.97. The van der Waals surface area contributed by atoms with Crippen LogP contribution in [0.1, 0.15) is 5.56 Å². The van der Waals surface area contributed by atoms with E-state index in [1.165, 1.54) is 0 Å².